The zero-order valence-electron chi connectivity index (χ0n) is 11.9. The van der Waals surface area contributed by atoms with Gasteiger partial charge >= 0.3 is 0 Å². The average molecular weight is 246 g/mol. The fourth-order valence-corrected chi connectivity index (χ4v) is 2.86. The number of hydrogen-bond acceptors (Lipinski definition) is 2. The molecule has 1 aliphatic carbocycles. The third-order valence-electron chi connectivity index (χ3n) is 4.54. The molecule has 1 fully saturated rings. The van der Waals surface area contributed by atoms with Crippen molar-refractivity contribution in [3.05, 3.63) is 34.4 Å². The summed E-state index contributed by atoms with van der Waals surface area (Å²) >= 11 is 0. The fraction of sp³-hybridized carbons (Fsp3) is 0.625. The summed E-state index contributed by atoms with van der Waals surface area (Å²) in [5.41, 5.74) is 11.8. The Morgan fingerprint density at radius 2 is 1.83 bits per heavy atom. The quantitative estimate of drug-likeness (QED) is 0.860. The van der Waals surface area contributed by atoms with Crippen molar-refractivity contribution in [1.29, 1.82) is 0 Å². The summed E-state index contributed by atoms with van der Waals surface area (Å²) in [7, 11) is 0. The maximum Gasteiger partial charge on any atom is 0.0222 e. The first-order valence-electron chi connectivity index (χ1n) is 7.14. The molecular weight excluding hydrogens is 220 g/mol. The fourth-order valence-electron chi connectivity index (χ4n) is 2.86. The Morgan fingerprint density at radius 1 is 1.11 bits per heavy atom. The predicted molar refractivity (Wildman–Crippen MR) is 77.7 cm³/mol. The van der Waals surface area contributed by atoms with Crippen molar-refractivity contribution in [3.63, 3.8) is 0 Å². The van der Waals surface area contributed by atoms with Gasteiger partial charge < -0.3 is 11.1 Å². The molecular formula is C16H26N2. The molecule has 2 rings (SSSR count). The third kappa shape index (κ3) is 2.93. The second-order valence-corrected chi connectivity index (χ2v) is 5.73. The molecule has 3 N–H and O–H groups in total. The number of nitrogens with one attached hydrogen (secondary N) is 1. The van der Waals surface area contributed by atoms with Crippen LogP contribution in [-0.4, -0.2) is 12.1 Å². The van der Waals surface area contributed by atoms with Crippen LogP contribution in [0, 0.1) is 20.8 Å². The lowest BCUT2D eigenvalue weighted by atomic mass is 9.90. The predicted octanol–water partition coefficient (Wildman–Crippen LogP) is 2.97. The second kappa shape index (κ2) is 5.85. The highest BCUT2D eigenvalue weighted by Gasteiger charge is 2.21. The molecule has 1 aromatic rings. The van der Waals surface area contributed by atoms with Crippen molar-refractivity contribution < 1.29 is 0 Å². The van der Waals surface area contributed by atoms with Gasteiger partial charge in [-0.2, -0.15) is 0 Å². The minimum atomic E-state index is 0.339. The summed E-state index contributed by atoms with van der Waals surface area (Å²) in [6, 6.07) is 5.31. The SMILES string of the molecule is Cc1ccc(CNC2CCCCC2N)c(C)c1C. The number of nitrogens with two attached hydrogens (primary N) is 1. The van der Waals surface area contributed by atoms with E-state index in [0.717, 1.165) is 6.54 Å². The Labute approximate surface area is 111 Å². The van der Waals surface area contributed by atoms with E-state index in [9.17, 15) is 0 Å². The number of aryl methyl sites for hydroxylation is 1. The highest BCUT2D eigenvalue weighted by atomic mass is 15.0. The minimum Gasteiger partial charge on any atom is -0.326 e. The van der Waals surface area contributed by atoms with Gasteiger partial charge in [-0.05, 0) is 55.9 Å². The molecule has 2 heteroatoms. The molecule has 0 bridgehead atoms. The van der Waals surface area contributed by atoms with E-state index in [-0.39, 0.29) is 0 Å². The van der Waals surface area contributed by atoms with Crippen LogP contribution in [0.15, 0.2) is 12.1 Å². The molecule has 1 saturated carbocycles. The Bertz CT molecular complexity index is 412. The Kier molecular flexibility index (Phi) is 4.41. The van der Waals surface area contributed by atoms with Crippen LogP contribution in [0.5, 0.6) is 0 Å². The Morgan fingerprint density at radius 3 is 2.56 bits per heavy atom. The van der Waals surface area contributed by atoms with Crippen LogP contribution in [0.3, 0.4) is 0 Å². The standard InChI is InChI=1S/C16H26N2/c1-11-8-9-14(13(3)12(11)2)10-18-16-7-5-4-6-15(16)17/h8-9,15-16,18H,4-7,10,17H2,1-3H3. The second-order valence-electron chi connectivity index (χ2n) is 5.73. The lowest BCUT2D eigenvalue weighted by Crippen LogP contribution is -2.46. The van der Waals surface area contributed by atoms with Crippen molar-refractivity contribution in [3.8, 4) is 0 Å². The zero-order chi connectivity index (χ0) is 13.1. The van der Waals surface area contributed by atoms with E-state index >= 15 is 0 Å². The van der Waals surface area contributed by atoms with Crippen LogP contribution >= 0.6 is 0 Å². The van der Waals surface area contributed by atoms with E-state index in [2.05, 4.69) is 38.2 Å². The summed E-state index contributed by atoms with van der Waals surface area (Å²) in [4.78, 5) is 0. The topological polar surface area (TPSA) is 38.0 Å². The number of benzene rings is 1. The molecule has 0 heterocycles. The van der Waals surface area contributed by atoms with Crippen LogP contribution in [-0.2, 0) is 6.54 Å². The number of rotatable bonds is 3. The molecule has 1 aliphatic rings. The zero-order valence-corrected chi connectivity index (χ0v) is 11.9. The normalized spacial score (nSPS) is 24.2. The first kappa shape index (κ1) is 13.6. The van der Waals surface area contributed by atoms with Crippen LogP contribution < -0.4 is 11.1 Å². The molecule has 0 aromatic heterocycles. The summed E-state index contributed by atoms with van der Waals surface area (Å²) in [6.45, 7) is 7.56. The van der Waals surface area contributed by atoms with Gasteiger partial charge in [0.2, 0.25) is 0 Å². The van der Waals surface area contributed by atoms with Gasteiger partial charge in [0.15, 0.2) is 0 Å². The van der Waals surface area contributed by atoms with E-state index in [1.165, 1.54) is 47.9 Å². The van der Waals surface area contributed by atoms with Gasteiger partial charge in [0, 0.05) is 18.6 Å². The molecule has 0 aliphatic heterocycles. The monoisotopic (exact) mass is 246 g/mol. The molecule has 100 valence electrons. The molecule has 2 unspecified atom stereocenters. The van der Waals surface area contributed by atoms with Gasteiger partial charge in [-0.1, -0.05) is 25.0 Å². The molecule has 1 aromatic carbocycles. The Balaban J connectivity index is 1.99. The minimum absolute atomic E-state index is 0.339. The largest absolute Gasteiger partial charge is 0.326 e. The summed E-state index contributed by atoms with van der Waals surface area (Å²) in [6.07, 6.45) is 5.01. The molecule has 0 amide bonds. The van der Waals surface area contributed by atoms with Gasteiger partial charge in [-0.25, -0.2) is 0 Å². The third-order valence-corrected chi connectivity index (χ3v) is 4.54. The molecule has 2 atom stereocenters. The summed E-state index contributed by atoms with van der Waals surface area (Å²) in [5, 5.41) is 3.65. The van der Waals surface area contributed by atoms with Crippen LogP contribution in [0.4, 0.5) is 0 Å². The molecule has 0 radical (unpaired) electrons. The van der Waals surface area contributed by atoms with E-state index < -0.39 is 0 Å². The lowest BCUT2D eigenvalue weighted by molar-refractivity contribution is 0.326. The van der Waals surface area contributed by atoms with Crippen molar-refractivity contribution >= 4 is 0 Å². The highest BCUT2D eigenvalue weighted by Crippen LogP contribution is 2.20. The summed E-state index contributed by atoms with van der Waals surface area (Å²) in [5.74, 6) is 0. The first-order chi connectivity index (χ1) is 8.59. The van der Waals surface area contributed by atoms with Crippen molar-refractivity contribution in [2.45, 2.75) is 65.1 Å². The number of hydrogen-bond donors (Lipinski definition) is 2. The van der Waals surface area contributed by atoms with Crippen molar-refractivity contribution in [2.24, 2.45) is 5.73 Å². The smallest absolute Gasteiger partial charge is 0.0222 e. The van der Waals surface area contributed by atoms with Crippen LogP contribution in [0.2, 0.25) is 0 Å². The maximum absolute atomic E-state index is 6.17. The lowest BCUT2D eigenvalue weighted by Gasteiger charge is -2.29. The van der Waals surface area contributed by atoms with Gasteiger partial charge in [0.25, 0.3) is 0 Å². The van der Waals surface area contributed by atoms with Gasteiger partial charge in [-0.3, -0.25) is 0 Å². The maximum atomic E-state index is 6.17. The molecule has 18 heavy (non-hydrogen) atoms. The average Bonchev–Trinajstić information content (AvgIpc) is 2.37. The van der Waals surface area contributed by atoms with Gasteiger partial charge in [0.05, 0.1) is 0 Å². The molecule has 2 nitrogen and oxygen atoms in total. The summed E-state index contributed by atoms with van der Waals surface area (Å²) < 4.78 is 0. The Hall–Kier alpha value is -0.860. The van der Waals surface area contributed by atoms with E-state index in [1.807, 2.05) is 0 Å². The van der Waals surface area contributed by atoms with E-state index in [0.29, 0.717) is 12.1 Å². The van der Waals surface area contributed by atoms with Crippen molar-refractivity contribution in [1.82, 2.24) is 5.32 Å². The highest BCUT2D eigenvalue weighted by molar-refractivity contribution is 5.38. The van der Waals surface area contributed by atoms with Crippen molar-refractivity contribution in [2.75, 3.05) is 0 Å². The first-order valence-corrected chi connectivity index (χ1v) is 7.14. The molecule has 0 spiro atoms. The van der Waals surface area contributed by atoms with Crippen LogP contribution in [0.1, 0.15) is 47.9 Å². The van der Waals surface area contributed by atoms with E-state index in [1.54, 1.807) is 0 Å². The van der Waals surface area contributed by atoms with E-state index in [4.69, 9.17) is 5.73 Å². The molecule has 0 saturated heterocycles. The van der Waals surface area contributed by atoms with Gasteiger partial charge in [0.1, 0.15) is 0 Å². The van der Waals surface area contributed by atoms with Gasteiger partial charge in [-0.15, -0.1) is 0 Å². The van der Waals surface area contributed by atoms with Crippen LogP contribution in [0.25, 0.3) is 0 Å².